The molecule has 0 bridgehead atoms. The molecule has 2 aromatic carbocycles. The molecule has 0 aliphatic heterocycles. The first-order chi connectivity index (χ1) is 12.2. The van der Waals surface area contributed by atoms with Crippen molar-refractivity contribution in [1.29, 1.82) is 0 Å². The van der Waals surface area contributed by atoms with Gasteiger partial charge in [-0.2, -0.15) is 5.10 Å². The lowest BCUT2D eigenvalue weighted by molar-refractivity contribution is -0.119. The van der Waals surface area contributed by atoms with Crippen molar-refractivity contribution in [3.05, 3.63) is 64.4 Å². The standard InChI is InChI=1S/C17H17ClFN3O3S/c1-12-7-8-14(18)9-16(12)22(26(2,24)25)11-17(23)21-20-10-13-5-3-4-6-15(13)19/h3-10H,11H2,1-2H3,(H,21,23)/b20-10-. The van der Waals surface area contributed by atoms with Crippen molar-refractivity contribution in [1.82, 2.24) is 5.43 Å². The Bertz CT molecular complexity index is 948. The number of aryl methyl sites for hydroxylation is 1. The Hall–Kier alpha value is -2.45. The molecule has 0 atom stereocenters. The molecule has 0 unspecified atom stereocenters. The third-order valence-corrected chi connectivity index (χ3v) is 4.79. The monoisotopic (exact) mass is 397 g/mol. The fraction of sp³-hybridized carbons (Fsp3) is 0.176. The van der Waals surface area contributed by atoms with Crippen molar-refractivity contribution in [3.8, 4) is 0 Å². The van der Waals surface area contributed by atoms with Gasteiger partial charge in [-0.15, -0.1) is 0 Å². The van der Waals surface area contributed by atoms with Gasteiger partial charge in [0, 0.05) is 10.6 Å². The molecule has 0 radical (unpaired) electrons. The van der Waals surface area contributed by atoms with Gasteiger partial charge in [0.1, 0.15) is 12.4 Å². The van der Waals surface area contributed by atoms with Crippen LogP contribution in [0.15, 0.2) is 47.6 Å². The van der Waals surface area contributed by atoms with E-state index in [9.17, 15) is 17.6 Å². The summed E-state index contributed by atoms with van der Waals surface area (Å²) in [5, 5.41) is 4.00. The summed E-state index contributed by atoms with van der Waals surface area (Å²) in [6.45, 7) is 1.21. The van der Waals surface area contributed by atoms with Crippen LogP contribution in [0.25, 0.3) is 0 Å². The second-order valence-electron chi connectivity index (χ2n) is 5.52. The molecule has 0 saturated carbocycles. The number of hydrazone groups is 1. The molecule has 0 saturated heterocycles. The normalized spacial score (nSPS) is 11.5. The number of carbonyl (C=O) groups excluding carboxylic acids is 1. The molecule has 0 fully saturated rings. The average molecular weight is 398 g/mol. The van der Waals surface area contributed by atoms with Gasteiger partial charge in [0.25, 0.3) is 5.91 Å². The number of nitrogens with zero attached hydrogens (tertiary/aromatic N) is 2. The van der Waals surface area contributed by atoms with Gasteiger partial charge < -0.3 is 0 Å². The van der Waals surface area contributed by atoms with Crippen LogP contribution in [0.3, 0.4) is 0 Å². The molecule has 0 spiro atoms. The molecular formula is C17H17ClFN3O3S. The van der Waals surface area contributed by atoms with Crippen molar-refractivity contribution >= 4 is 39.4 Å². The van der Waals surface area contributed by atoms with E-state index in [0.717, 1.165) is 16.8 Å². The third-order valence-electron chi connectivity index (χ3n) is 3.43. The zero-order valence-electron chi connectivity index (χ0n) is 14.1. The summed E-state index contributed by atoms with van der Waals surface area (Å²) in [5.41, 5.74) is 3.32. The Kier molecular flexibility index (Phi) is 6.33. The Balaban J connectivity index is 2.15. The highest BCUT2D eigenvalue weighted by Crippen LogP contribution is 2.26. The number of carbonyl (C=O) groups is 1. The summed E-state index contributed by atoms with van der Waals surface area (Å²) in [4.78, 5) is 12.1. The lowest BCUT2D eigenvalue weighted by Gasteiger charge is -2.23. The molecule has 138 valence electrons. The summed E-state index contributed by atoms with van der Waals surface area (Å²) >= 11 is 5.93. The first-order valence-electron chi connectivity index (χ1n) is 7.49. The van der Waals surface area contributed by atoms with Crippen LogP contribution in [-0.2, 0) is 14.8 Å². The van der Waals surface area contributed by atoms with Crippen LogP contribution in [0.2, 0.25) is 5.02 Å². The van der Waals surface area contributed by atoms with E-state index >= 15 is 0 Å². The zero-order chi connectivity index (χ0) is 19.3. The maximum absolute atomic E-state index is 13.5. The van der Waals surface area contributed by atoms with Gasteiger partial charge in [0.15, 0.2) is 0 Å². The number of anilines is 1. The Morgan fingerprint density at radius 1 is 1.31 bits per heavy atom. The lowest BCUT2D eigenvalue weighted by atomic mass is 10.2. The quantitative estimate of drug-likeness (QED) is 0.601. The molecule has 1 amide bonds. The van der Waals surface area contributed by atoms with Crippen LogP contribution in [0, 0.1) is 12.7 Å². The molecule has 0 aliphatic rings. The number of halogens is 2. The fourth-order valence-electron chi connectivity index (χ4n) is 2.15. The molecule has 2 aromatic rings. The van der Waals surface area contributed by atoms with Crippen LogP contribution in [0.1, 0.15) is 11.1 Å². The third kappa shape index (κ3) is 5.27. The number of hydrogen-bond donors (Lipinski definition) is 1. The predicted molar refractivity (Wildman–Crippen MR) is 101 cm³/mol. The van der Waals surface area contributed by atoms with E-state index in [1.807, 2.05) is 0 Å². The lowest BCUT2D eigenvalue weighted by Crippen LogP contribution is -2.39. The molecule has 9 heteroatoms. The summed E-state index contributed by atoms with van der Waals surface area (Å²) in [5.74, 6) is -1.17. The van der Waals surface area contributed by atoms with Gasteiger partial charge >= 0.3 is 0 Å². The maximum atomic E-state index is 13.5. The zero-order valence-corrected chi connectivity index (χ0v) is 15.7. The van der Waals surface area contributed by atoms with E-state index < -0.39 is 28.3 Å². The molecule has 2 rings (SSSR count). The first-order valence-corrected chi connectivity index (χ1v) is 9.71. The van der Waals surface area contributed by atoms with Crippen molar-refractivity contribution in [2.24, 2.45) is 5.10 Å². The topological polar surface area (TPSA) is 78.8 Å². The summed E-state index contributed by atoms with van der Waals surface area (Å²) in [6.07, 6.45) is 2.13. The highest BCUT2D eigenvalue weighted by molar-refractivity contribution is 7.92. The molecule has 0 heterocycles. The van der Waals surface area contributed by atoms with Crippen LogP contribution in [0.4, 0.5) is 10.1 Å². The smallest absolute Gasteiger partial charge is 0.260 e. The van der Waals surface area contributed by atoms with Crippen molar-refractivity contribution in [3.63, 3.8) is 0 Å². The maximum Gasteiger partial charge on any atom is 0.260 e. The van der Waals surface area contributed by atoms with E-state index in [1.54, 1.807) is 25.1 Å². The minimum atomic E-state index is -3.73. The number of amides is 1. The summed E-state index contributed by atoms with van der Waals surface area (Å²) < 4.78 is 38.6. The first kappa shape index (κ1) is 19.9. The van der Waals surface area contributed by atoms with Crippen LogP contribution >= 0.6 is 11.6 Å². The van der Waals surface area contributed by atoms with Gasteiger partial charge in [0.2, 0.25) is 10.0 Å². The second kappa shape index (κ2) is 8.29. The van der Waals surface area contributed by atoms with E-state index in [4.69, 9.17) is 11.6 Å². The van der Waals surface area contributed by atoms with Crippen molar-refractivity contribution in [2.45, 2.75) is 6.92 Å². The number of sulfonamides is 1. The van der Waals surface area contributed by atoms with Crippen LogP contribution in [-0.4, -0.2) is 33.3 Å². The average Bonchev–Trinajstić information content (AvgIpc) is 2.56. The van der Waals surface area contributed by atoms with Gasteiger partial charge in [-0.3, -0.25) is 9.10 Å². The number of rotatable bonds is 6. The van der Waals surface area contributed by atoms with Gasteiger partial charge in [-0.1, -0.05) is 35.9 Å². The van der Waals surface area contributed by atoms with Gasteiger partial charge in [-0.05, 0) is 30.7 Å². The van der Waals surface area contributed by atoms with Crippen molar-refractivity contribution < 1.29 is 17.6 Å². The number of nitrogens with one attached hydrogen (secondary N) is 1. The van der Waals surface area contributed by atoms with Crippen LogP contribution in [0.5, 0.6) is 0 Å². The summed E-state index contributed by atoms with van der Waals surface area (Å²) in [6, 6.07) is 10.7. The predicted octanol–water partition coefficient (Wildman–Crippen LogP) is 2.70. The Morgan fingerprint density at radius 3 is 2.65 bits per heavy atom. The van der Waals surface area contributed by atoms with E-state index in [0.29, 0.717) is 16.3 Å². The molecular weight excluding hydrogens is 381 g/mol. The Labute approximate surface area is 156 Å². The highest BCUT2D eigenvalue weighted by atomic mass is 35.5. The number of hydrogen-bond acceptors (Lipinski definition) is 4. The molecule has 0 aromatic heterocycles. The molecule has 1 N–H and O–H groups in total. The number of benzene rings is 2. The van der Waals surface area contributed by atoms with Gasteiger partial charge in [-0.25, -0.2) is 18.2 Å². The second-order valence-corrected chi connectivity index (χ2v) is 7.86. The molecule has 6 nitrogen and oxygen atoms in total. The molecule has 26 heavy (non-hydrogen) atoms. The van der Waals surface area contributed by atoms with E-state index in [2.05, 4.69) is 10.5 Å². The van der Waals surface area contributed by atoms with Crippen LogP contribution < -0.4 is 9.73 Å². The minimum Gasteiger partial charge on any atom is -0.271 e. The summed E-state index contributed by atoms with van der Waals surface area (Å²) in [7, 11) is -3.73. The fourth-order valence-corrected chi connectivity index (χ4v) is 3.22. The van der Waals surface area contributed by atoms with E-state index in [1.165, 1.54) is 24.3 Å². The SMILES string of the molecule is Cc1ccc(Cl)cc1N(CC(=O)N/N=C\c1ccccc1F)S(C)(=O)=O. The van der Waals surface area contributed by atoms with Crippen molar-refractivity contribution in [2.75, 3.05) is 17.1 Å². The van der Waals surface area contributed by atoms with Gasteiger partial charge in [0.05, 0.1) is 18.2 Å². The Morgan fingerprint density at radius 2 is 2.00 bits per heavy atom. The minimum absolute atomic E-state index is 0.193. The van der Waals surface area contributed by atoms with E-state index in [-0.39, 0.29) is 5.56 Å². The molecule has 0 aliphatic carbocycles. The largest absolute Gasteiger partial charge is 0.271 e. The highest BCUT2D eigenvalue weighted by Gasteiger charge is 2.22.